The molecule has 0 spiro atoms. The molecule has 1 radical (unpaired) electrons. The van der Waals surface area contributed by atoms with E-state index in [9.17, 15) is 13.9 Å². The predicted octanol–water partition coefficient (Wildman–Crippen LogP) is 1.96. The Hall–Kier alpha value is 0.0400. The molecule has 0 amide bonds. The van der Waals surface area contributed by atoms with Crippen molar-refractivity contribution in [3.8, 4) is 0 Å². The molecule has 0 heterocycles. The summed E-state index contributed by atoms with van der Waals surface area (Å²) in [6.45, 7) is -0.610. The van der Waals surface area contributed by atoms with Crippen molar-refractivity contribution in [1.82, 2.24) is 0 Å². The second-order valence-corrected chi connectivity index (χ2v) is 2.17. The van der Waals surface area contributed by atoms with Gasteiger partial charge in [0.25, 0.3) is 0 Å². The van der Waals surface area contributed by atoms with E-state index in [1.807, 2.05) is 15.9 Å². The standard InChI is InChI=1S/C4H4BrF2O/c5-4(6,7)2-1-3-8/h1-2H,3H2. The average Bonchev–Trinajstić information content (AvgIpc) is 1.59. The fourth-order valence-electron chi connectivity index (χ4n) is 0.182. The van der Waals surface area contributed by atoms with Gasteiger partial charge in [-0.25, -0.2) is 5.11 Å². The summed E-state index contributed by atoms with van der Waals surface area (Å²) in [6, 6.07) is 0. The highest BCUT2D eigenvalue weighted by Crippen LogP contribution is 2.22. The van der Waals surface area contributed by atoms with Gasteiger partial charge in [0.1, 0.15) is 6.61 Å². The van der Waals surface area contributed by atoms with Crippen LogP contribution in [0.25, 0.3) is 0 Å². The number of rotatable bonds is 2. The second kappa shape index (κ2) is 3.14. The van der Waals surface area contributed by atoms with Crippen molar-refractivity contribution in [3.05, 3.63) is 12.2 Å². The molecule has 47 valence electrons. The Labute approximate surface area is 54.1 Å². The van der Waals surface area contributed by atoms with Crippen LogP contribution in [-0.4, -0.2) is 11.4 Å². The van der Waals surface area contributed by atoms with Gasteiger partial charge in [-0.05, 0) is 22.0 Å². The Kier molecular flexibility index (Phi) is 3.16. The lowest BCUT2D eigenvalue weighted by Gasteiger charge is -1.96. The Bertz CT molecular complexity index is 86.5. The Morgan fingerprint density at radius 1 is 1.62 bits per heavy atom. The van der Waals surface area contributed by atoms with Crippen molar-refractivity contribution < 1.29 is 13.9 Å². The molecule has 0 bridgehead atoms. The van der Waals surface area contributed by atoms with Crippen molar-refractivity contribution in [3.63, 3.8) is 0 Å². The summed E-state index contributed by atoms with van der Waals surface area (Å²) in [4.78, 5) is -3.02. The molecule has 0 aliphatic rings. The molecule has 4 heteroatoms. The molecule has 8 heavy (non-hydrogen) atoms. The van der Waals surface area contributed by atoms with E-state index in [4.69, 9.17) is 0 Å². The summed E-state index contributed by atoms with van der Waals surface area (Å²) in [5, 5.41) is 9.54. The molecular formula is C4H4BrF2O. The average molecular weight is 186 g/mol. The molecule has 0 aliphatic heterocycles. The van der Waals surface area contributed by atoms with E-state index in [0.717, 1.165) is 6.08 Å². The minimum Gasteiger partial charge on any atom is -0.232 e. The zero-order valence-electron chi connectivity index (χ0n) is 3.90. The molecule has 1 nitrogen and oxygen atoms in total. The van der Waals surface area contributed by atoms with Crippen LogP contribution >= 0.6 is 15.9 Å². The predicted molar refractivity (Wildman–Crippen MR) is 28.6 cm³/mol. The SMILES string of the molecule is [O]CC=CC(F)(F)Br. The fourth-order valence-corrected chi connectivity index (χ4v) is 0.369. The normalized spacial score (nSPS) is 13.0. The summed E-state index contributed by atoms with van der Waals surface area (Å²) < 4.78 is 23.2. The lowest BCUT2D eigenvalue weighted by Crippen LogP contribution is -1.97. The first-order valence-electron chi connectivity index (χ1n) is 1.89. The number of hydrogen-bond acceptors (Lipinski definition) is 0. The van der Waals surface area contributed by atoms with E-state index in [2.05, 4.69) is 0 Å². The number of alkyl halides is 3. The number of halogens is 3. The topological polar surface area (TPSA) is 19.9 Å². The van der Waals surface area contributed by atoms with Crippen LogP contribution in [0, 0.1) is 0 Å². The van der Waals surface area contributed by atoms with E-state index in [1.165, 1.54) is 0 Å². The van der Waals surface area contributed by atoms with Crippen molar-refractivity contribution in [2.24, 2.45) is 0 Å². The minimum atomic E-state index is -3.02. The van der Waals surface area contributed by atoms with Crippen molar-refractivity contribution in [1.29, 1.82) is 0 Å². The molecule has 0 aromatic heterocycles. The van der Waals surface area contributed by atoms with Crippen LogP contribution in [0.4, 0.5) is 8.78 Å². The minimum absolute atomic E-state index is 0.514. The lowest BCUT2D eigenvalue weighted by atomic mass is 10.5. The molecular weight excluding hydrogens is 182 g/mol. The summed E-state index contributed by atoms with van der Waals surface area (Å²) in [7, 11) is 0. The second-order valence-electron chi connectivity index (χ2n) is 1.11. The van der Waals surface area contributed by atoms with Gasteiger partial charge in [0, 0.05) is 0 Å². The monoisotopic (exact) mass is 185 g/mol. The first-order valence-corrected chi connectivity index (χ1v) is 2.68. The smallest absolute Gasteiger partial charge is 0.232 e. The van der Waals surface area contributed by atoms with Gasteiger partial charge in [-0.1, -0.05) is 6.08 Å². The Morgan fingerprint density at radius 2 is 2.12 bits per heavy atom. The van der Waals surface area contributed by atoms with Gasteiger partial charge in [0.05, 0.1) is 0 Å². The van der Waals surface area contributed by atoms with E-state index in [1.54, 1.807) is 0 Å². The van der Waals surface area contributed by atoms with Gasteiger partial charge < -0.3 is 0 Å². The molecule has 0 aliphatic carbocycles. The van der Waals surface area contributed by atoms with Crippen LogP contribution in [0.15, 0.2) is 12.2 Å². The van der Waals surface area contributed by atoms with Gasteiger partial charge in [-0.15, -0.1) is 0 Å². The third-order valence-corrected chi connectivity index (χ3v) is 0.667. The number of hydrogen-bond donors (Lipinski definition) is 0. The van der Waals surface area contributed by atoms with Gasteiger partial charge in [-0.2, -0.15) is 8.78 Å². The van der Waals surface area contributed by atoms with E-state index in [-0.39, 0.29) is 0 Å². The first kappa shape index (κ1) is 8.04. The highest BCUT2D eigenvalue weighted by Gasteiger charge is 2.17. The van der Waals surface area contributed by atoms with Crippen LogP contribution in [-0.2, 0) is 5.11 Å². The Balaban J connectivity index is 3.52. The molecule has 0 atom stereocenters. The maximum Gasteiger partial charge on any atom is 0.320 e. The van der Waals surface area contributed by atoms with Gasteiger partial charge in [-0.3, -0.25) is 0 Å². The molecule has 0 unspecified atom stereocenters. The van der Waals surface area contributed by atoms with Crippen LogP contribution < -0.4 is 0 Å². The van der Waals surface area contributed by atoms with Crippen molar-refractivity contribution >= 4 is 15.9 Å². The van der Waals surface area contributed by atoms with Crippen LogP contribution in [0.2, 0.25) is 0 Å². The fraction of sp³-hybridized carbons (Fsp3) is 0.500. The molecule has 0 rings (SSSR count). The Morgan fingerprint density at radius 3 is 2.25 bits per heavy atom. The molecule has 0 fully saturated rings. The maximum absolute atomic E-state index is 11.6. The third kappa shape index (κ3) is 6.04. The molecule has 0 saturated carbocycles. The summed E-state index contributed by atoms with van der Waals surface area (Å²) in [5.41, 5.74) is 0. The van der Waals surface area contributed by atoms with Gasteiger partial charge in [0.2, 0.25) is 0 Å². The highest BCUT2D eigenvalue weighted by molar-refractivity contribution is 9.10. The van der Waals surface area contributed by atoms with Crippen molar-refractivity contribution in [2.75, 3.05) is 6.61 Å². The number of allylic oxidation sites excluding steroid dienone is 1. The summed E-state index contributed by atoms with van der Waals surface area (Å²) in [6.07, 6.45) is 1.37. The van der Waals surface area contributed by atoms with Crippen LogP contribution in [0.5, 0.6) is 0 Å². The zero-order valence-corrected chi connectivity index (χ0v) is 5.49. The summed E-state index contributed by atoms with van der Waals surface area (Å²) in [5.74, 6) is 0. The first-order chi connectivity index (χ1) is 3.56. The third-order valence-electron chi connectivity index (χ3n) is 0.403. The zero-order chi connectivity index (χ0) is 6.62. The summed E-state index contributed by atoms with van der Waals surface area (Å²) >= 11 is 2.02. The highest BCUT2D eigenvalue weighted by atomic mass is 79.9. The van der Waals surface area contributed by atoms with Crippen LogP contribution in [0.1, 0.15) is 0 Å². The van der Waals surface area contributed by atoms with E-state index >= 15 is 0 Å². The largest absolute Gasteiger partial charge is 0.320 e. The van der Waals surface area contributed by atoms with Crippen LogP contribution in [0.3, 0.4) is 0 Å². The molecule has 0 aromatic carbocycles. The lowest BCUT2D eigenvalue weighted by molar-refractivity contribution is 0.168. The molecule has 0 saturated heterocycles. The van der Waals surface area contributed by atoms with E-state index in [0.29, 0.717) is 6.08 Å². The van der Waals surface area contributed by atoms with E-state index < -0.39 is 11.4 Å². The van der Waals surface area contributed by atoms with Gasteiger partial charge >= 0.3 is 4.83 Å². The molecule has 0 N–H and O–H groups in total. The molecule has 0 aromatic rings. The van der Waals surface area contributed by atoms with Crippen molar-refractivity contribution in [2.45, 2.75) is 4.83 Å². The maximum atomic E-state index is 11.6. The van der Waals surface area contributed by atoms with Gasteiger partial charge in [0.15, 0.2) is 0 Å². The quantitative estimate of drug-likeness (QED) is 0.464.